The summed E-state index contributed by atoms with van der Waals surface area (Å²) in [5.41, 5.74) is 0.992. The van der Waals surface area contributed by atoms with Crippen molar-refractivity contribution in [2.45, 2.75) is 25.9 Å². The molecule has 1 aromatic carbocycles. The number of nitrogens with one attached hydrogen (secondary N) is 1. The van der Waals surface area contributed by atoms with E-state index >= 15 is 0 Å². The number of rotatable bonds is 7. The Morgan fingerprint density at radius 1 is 1.30 bits per heavy atom. The number of aliphatic hydroxyl groups is 1. The number of aliphatic hydroxyl groups excluding tert-OH is 1. The highest BCUT2D eigenvalue weighted by molar-refractivity contribution is 5.79. The lowest BCUT2D eigenvalue weighted by molar-refractivity contribution is -0.146. The topological polar surface area (TPSA) is 95.9 Å². The number of amides is 1. The molecule has 110 valence electrons. The van der Waals surface area contributed by atoms with Crippen LogP contribution >= 0.6 is 0 Å². The highest BCUT2D eigenvalue weighted by Gasteiger charge is 2.14. The van der Waals surface area contributed by atoms with Crippen molar-refractivity contribution in [2.75, 3.05) is 13.2 Å². The van der Waals surface area contributed by atoms with E-state index in [9.17, 15) is 9.59 Å². The molecule has 6 heteroatoms. The lowest BCUT2D eigenvalue weighted by Crippen LogP contribution is -2.38. The van der Waals surface area contributed by atoms with Crippen molar-refractivity contribution in [3.63, 3.8) is 0 Å². The zero-order chi connectivity index (χ0) is 15.1. The van der Waals surface area contributed by atoms with Crippen LogP contribution in [0.1, 0.15) is 25.3 Å². The first-order valence-electron chi connectivity index (χ1n) is 6.31. The van der Waals surface area contributed by atoms with Gasteiger partial charge in [-0.3, -0.25) is 4.79 Å². The molecule has 0 fully saturated rings. The summed E-state index contributed by atoms with van der Waals surface area (Å²) in [7, 11) is 0. The fraction of sp³-hybridized carbons (Fsp3) is 0.429. The van der Waals surface area contributed by atoms with Crippen molar-refractivity contribution in [1.82, 2.24) is 5.32 Å². The van der Waals surface area contributed by atoms with Crippen LogP contribution in [0.5, 0.6) is 5.75 Å². The first kappa shape index (κ1) is 16.0. The third kappa shape index (κ3) is 4.89. The summed E-state index contributed by atoms with van der Waals surface area (Å²) >= 11 is 0. The van der Waals surface area contributed by atoms with Gasteiger partial charge in [0.05, 0.1) is 6.54 Å². The fourth-order valence-corrected chi connectivity index (χ4v) is 1.58. The molecule has 0 saturated heterocycles. The average molecular weight is 281 g/mol. The summed E-state index contributed by atoms with van der Waals surface area (Å²) in [5, 5.41) is 19.8. The highest BCUT2D eigenvalue weighted by atomic mass is 16.5. The van der Waals surface area contributed by atoms with E-state index in [1.165, 1.54) is 0 Å². The molecular weight excluding hydrogens is 262 g/mol. The first-order valence-corrected chi connectivity index (χ1v) is 6.31. The van der Waals surface area contributed by atoms with E-state index in [0.29, 0.717) is 5.75 Å². The van der Waals surface area contributed by atoms with Gasteiger partial charge in [-0.05, 0) is 17.5 Å². The molecular formula is C14H19NO5. The molecule has 0 aliphatic rings. The van der Waals surface area contributed by atoms with Crippen LogP contribution in [0, 0.1) is 0 Å². The van der Waals surface area contributed by atoms with Gasteiger partial charge < -0.3 is 20.3 Å². The third-order valence-electron chi connectivity index (χ3n) is 2.68. The molecule has 0 radical (unpaired) electrons. The van der Waals surface area contributed by atoms with E-state index in [1.54, 1.807) is 6.07 Å². The maximum atomic E-state index is 11.5. The number of carboxylic acid groups (broad SMARTS) is 1. The molecule has 0 spiro atoms. The van der Waals surface area contributed by atoms with Crippen LogP contribution in [-0.4, -0.2) is 41.3 Å². The lowest BCUT2D eigenvalue weighted by atomic mass is 10.0. The largest absolute Gasteiger partial charge is 0.483 e. The lowest BCUT2D eigenvalue weighted by Gasteiger charge is -2.14. The van der Waals surface area contributed by atoms with Gasteiger partial charge in [-0.2, -0.15) is 0 Å². The van der Waals surface area contributed by atoms with Gasteiger partial charge in [0.25, 0.3) is 5.91 Å². The van der Waals surface area contributed by atoms with Crippen molar-refractivity contribution in [3.8, 4) is 5.75 Å². The van der Waals surface area contributed by atoms with E-state index in [0.717, 1.165) is 5.56 Å². The average Bonchev–Trinajstić information content (AvgIpc) is 2.42. The molecule has 0 heterocycles. The Labute approximate surface area is 117 Å². The number of benzene rings is 1. The summed E-state index contributed by atoms with van der Waals surface area (Å²) in [5.74, 6) is -0.972. The van der Waals surface area contributed by atoms with E-state index < -0.39 is 18.0 Å². The standard InChI is InChI=1S/C14H19NO5/c1-9(2)10-5-3-4-6-12(10)20-8-13(17)15-7-11(16)14(18)19/h3-6,9,11,16H,7-8H2,1-2H3,(H,15,17)(H,18,19)/t11-/m0/s1. The number of carboxylic acids is 1. The molecule has 3 N–H and O–H groups in total. The van der Waals surface area contributed by atoms with E-state index in [-0.39, 0.29) is 19.1 Å². The predicted octanol–water partition coefficient (Wildman–Crippen LogP) is 0.750. The predicted molar refractivity (Wildman–Crippen MR) is 72.7 cm³/mol. The number of hydrogen-bond acceptors (Lipinski definition) is 4. The summed E-state index contributed by atoms with van der Waals surface area (Å²) in [6.07, 6.45) is -1.61. The van der Waals surface area contributed by atoms with Gasteiger partial charge in [-0.15, -0.1) is 0 Å². The number of carbonyl (C=O) groups is 2. The quantitative estimate of drug-likeness (QED) is 0.685. The Hall–Kier alpha value is -2.08. The summed E-state index contributed by atoms with van der Waals surface area (Å²) in [4.78, 5) is 21.9. The molecule has 0 bridgehead atoms. The number of hydrogen-bond donors (Lipinski definition) is 3. The Morgan fingerprint density at radius 2 is 1.95 bits per heavy atom. The maximum Gasteiger partial charge on any atom is 0.334 e. The van der Waals surface area contributed by atoms with Gasteiger partial charge in [0.2, 0.25) is 0 Å². The monoisotopic (exact) mass is 281 g/mol. The van der Waals surface area contributed by atoms with E-state index in [4.69, 9.17) is 14.9 Å². The molecule has 0 aromatic heterocycles. The minimum atomic E-state index is -1.61. The number of ether oxygens (including phenoxy) is 1. The Bertz CT molecular complexity index is 472. The molecule has 0 aliphatic carbocycles. The second-order valence-corrected chi connectivity index (χ2v) is 4.64. The number of para-hydroxylation sites is 1. The van der Waals surface area contributed by atoms with Crippen LogP contribution < -0.4 is 10.1 Å². The van der Waals surface area contributed by atoms with E-state index in [1.807, 2.05) is 32.0 Å². The van der Waals surface area contributed by atoms with Crippen molar-refractivity contribution in [1.29, 1.82) is 0 Å². The molecule has 20 heavy (non-hydrogen) atoms. The minimum Gasteiger partial charge on any atom is -0.483 e. The number of aliphatic carboxylic acids is 1. The SMILES string of the molecule is CC(C)c1ccccc1OCC(=O)NC[C@H](O)C(=O)O. The molecule has 6 nitrogen and oxygen atoms in total. The Morgan fingerprint density at radius 3 is 2.55 bits per heavy atom. The van der Waals surface area contributed by atoms with Crippen LogP contribution in [0.2, 0.25) is 0 Å². The molecule has 1 aromatic rings. The van der Waals surface area contributed by atoms with Gasteiger partial charge in [0, 0.05) is 0 Å². The van der Waals surface area contributed by atoms with E-state index in [2.05, 4.69) is 5.32 Å². The summed E-state index contributed by atoms with van der Waals surface area (Å²) < 4.78 is 5.41. The molecule has 1 atom stereocenters. The van der Waals surface area contributed by atoms with Gasteiger partial charge in [0.15, 0.2) is 12.7 Å². The van der Waals surface area contributed by atoms with Crippen molar-refractivity contribution in [2.24, 2.45) is 0 Å². The second kappa shape index (κ2) is 7.49. The molecule has 1 amide bonds. The van der Waals surface area contributed by atoms with Crippen LogP contribution in [-0.2, 0) is 9.59 Å². The van der Waals surface area contributed by atoms with Crippen molar-refractivity contribution in [3.05, 3.63) is 29.8 Å². The Balaban J connectivity index is 2.47. The summed E-state index contributed by atoms with van der Waals surface area (Å²) in [6.45, 7) is 3.47. The second-order valence-electron chi connectivity index (χ2n) is 4.64. The van der Waals surface area contributed by atoms with Crippen LogP contribution in [0.15, 0.2) is 24.3 Å². The minimum absolute atomic E-state index is 0.226. The normalized spacial score (nSPS) is 12.0. The molecule has 0 aliphatic heterocycles. The van der Waals surface area contributed by atoms with Crippen LogP contribution in [0.4, 0.5) is 0 Å². The summed E-state index contributed by atoms with van der Waals surface area (Å²) in [6, 6.07) is 7.40. The Kier molecular flexibility index (Phi) is 5.99. The molecule has 0 unspecified atom stereocenters. The van der Waals surface area contributed by atoms with Crippen molar-refractivity contribution < 1.29 is 24.5 Å². The zero-order valence-electron chi connectivity index (χ0n) is 11.5. The zero-order valence-corrected chi connectivity index (χ0v) is 11.5. The fourth-order valence-electron chi connectivity index (χ4n) is 1.58. The number of carbonyl (C=O) groups excluding carboxylic acids is 1. The van der Waals surface area contributed by atoms with Gasteiger partial charge >= 0.3 is 5.97 Å². The first-order chi connectivity index (χ1) is 9.41. The van der Waals surface area contributed by atoms with Crippen molar-refractivity contribution >= 4 is 11.9 Å². The van der Waals surface area contributed by atoms with Gasteiger partial charge in [-0.1, -0.05) is 32.0 Å². The molecule has 0 saturated carbocycles. The third-order valence-corrected chi connectivity index (χ3v) is 2.68. The van der Waals surface area contributed by atoms with Crippen LogP contribution in [0.3, 0.4) is 0 Å². The van der Waals surface area contributed by atoms with Gasteiger partial charge in [0.1, 0.15) is 5.75 Å². The van der Waals surface area contributed by atoms with Gasteiger partial charge in [-0.25, -0.2) is 4.79 Å². The van der Waals surface area contributed by atoms with Crippen LogP contribution in [0.25, 0.3) is 0 Å². The highest BCUT2D eigenvalue weighted by Crippen LogP contribution is 2.25. The smallest absolute Gasteiger partial charge is 0.334 e. The molecule has 1 rings (SSSR count). The maximum absolute atomic E-state index is 11.5.